The van der Waals surface area contributed by atoms with Crippen LogP contribution in [0.1, 0.15) is 0 Å². The van der Waals surface area contributed by atoms with Gasteiger partial charge in [0.25, 0.3) is 0 Å². The third-order valence-corrected chi connectivity index (χ3v) is 4.23. The number of furan rings is 1. The molecule has 0 spiro atoms. The second kappa shape index (κ2) is 5.10. The van der Waals surface area contributed by atoms with Gasteiger partial charge in [0.15, 0.2) is 5.76 Å². The highest BCUT2D eigenvalue weighted by Gasteiger charge is 2.17. The first kappa shape index (κ1) is 13.3. The molecule has 0 atom stereocenters. The van der Waals surface area contributed by atoms with Crippen LogP contribution in [0.3, 0.4) is 0 Å². The lowest BCUT2D eigenvalue weighted by atomic mass is 10.1. The molecule has 2 heterocycles. The largest absolute Gasteiger partial charge is 0.497 e. The molecule has 0 aliphatic heterocycles. The minimum Gasteiger partial charge on any atom is -0.497 e. The molecule has 108 valence electrons. The normalized spacial score (nSPS) is 11.2. The van der Waals surface area contributed by atoms with Gasteiger partial charge < -0.3 is 9.15 Å². The van der Waals surface area contributed by atoms with Gasteiger partial charge in [-0.15, -0.1) is 0 Å². The summed E-state index contributed by atoms with van der Waals surface area (Å²) >= 11 is 3.58. The molecule has 4 rings (SSSR count). The second-order valence-corrected chi connectivity index (χ2v) is 5.63. The second-order valence-electron chi connectivity index (χ2n) is 4.84. The number of methoxy groups -OCH3 is 1. The molecule has 2 aromatic heterocycles. The Morgan fingerprint density at radius 3 is 2.32 bits per heavy atom. The fourth-order valence-electron chi connectivity index (χ4n) is 2.38. The van der Waals surface area contributed by atoms with Crippen molar-refractivity contribution in [1.29, 1.82) is 0 Å². The maximum absolute atomic E-state index is 5.91. The Labute approximate surface area is 134 Å². The van der Waals surface area contributed by atoms with Gasteiger partial charge >= 0.3 is 0 Å². The molecule has 0 bridgehead atoms. The van der Waals surface area contributed by atoms with Crippen LogP contribution in [0.15, 0.2) is 57.4 Å². The van der Waals surface area contributed by atoms with Gasteiger partial charge in [0, 0.05) is 5.56 Å². The molecule has 2 aromatic carbocycles. The first-order valence-corrected chi connectivity index (χ1v) is 7.55. The van der Waals surface area contributed by atoms with Crippen molar-refractivity contribution in [1.82, 2.24) is 9.97 Å². The maximum Gasteiger partial charge on any atom is 0.247 e. The van der Waals surface area contributed by atoms with E-state index in [2.05, 4.69) is 25.9 Å². The molecule has 0 aliphatic carbocycles. The Morgan fingerprint density at radius 2 is 1.64 bits per heavy atom. The standard InChI is InChI=1S/C17H11BrN2O2/c1-21-11-8-6-10(7-9-11)16-14(18)15-17(22-16)20-13-5-3-2-4-12(13)19-15/h2-9H,1H3. The van der Waals surface area contributed by atoms with Crippen molar-refractivity contribution in [2.45, 2.75) is 0 Å². The summed E-state index contributed by atoms with van der Waals surface area (Å²) in [5.41, 5.74) is 3.85. The molecule has 0 saturated heterocycles. The van der Waals surface area contributed by atoms with Gasteiger partial charge in [-0.3, -0.25) is 0 Å². The minimum atomic E-state index is 0.524. The van der Waals surface area contributed by atoms with E-state index in [-0.39, 0.29) is 0 Å². The molecular formula is C17H11BrN2O2. The Bertz CT molecular complexity index is 977. The van der Waals surface area contributed by atoms with Gasteiger partial charge in [0.2, 0.25) is 5.71 Å². The smallest absolute Gasteiger partial charge is 0.247 e. The third kappa shape index (κ3) is 2.05. The van der Waals surface area contributed by atoms with Crippen LogP contribution in [0.4, 0.5) is 0 Å². The molecule has 4 aromatic rings. The van der Waals surface area contributed by atoms with Crippen molar-refractivity contribution >= 4 is 38.2 Å². The number of halogens is 1. The van der Waals surface area contributed by atoms with Gasteiger partial charge in [-0.25, -0.2) is 9.97 Å². The highest BCUT2D eigenvalue weighted by molar-refractivity contribution is 9.10. The van der Waals surface area contributed by atoms with Gasteiger partial charge in [-0.2, -0.15) is 0 Å². The fraction of sp³-hybridized carbons (Fsp3) is 0.0588. The highest BCUT2D eigenvalue weighted by atomic mass is 79.9. The number of hydrogen-bond donors (Lipinski definition) is 0. The Balaban J connectivity index is 1.94. The summed E-state index contributed by atoms with van der Waals surface area (Å²) in [6, 6.07) is 15.4. The van der Waals surface area contributed by atoms with Crippen LogP contribution in [0.25, 0.3) is 33.6 Å². The first-order chi connectivity index (χ1) is 10.8. The maximum atomic E-state index is 5.91. The topological polar surface area (TPSA) is 48.2 Å². The lowest BCUT2D eigenvalue weighted by Gasteiger charge is -2.00. The molecule has 0 radical (unpaired) electrons. The van der Waals surface area contributed by atoms with Gasteiger partial charge in [-0.1, -0.05) is 12.1 Å². The van der Waals surface area contributed by atoms with Crippen molar-refractivity contribution < 1.29 is 9.15 Å². The van der Waals surface area contributed by atoms with Crippen LogP contribution in [0.5, 0.6) is 5.75 Å². The van der Waals surface area contributed by atoms with Gasteiger partial charge in [0.05, 0.1) is 22.6 Å². The summed E-state index contributed by atoms with van der Waals surface area (Å²) in [4.78, 5) is 9.16. The van der Waals surface area contributed by atoms with Crippen LogP contribution in [-0.4, -0.2) is 17.1 Å². The molecule has 5 heteroatoms. The van der Waals surface area contributed by atoms with E-state index in [0.29, 0.717) is 11.5 Å². The van der Waals surface area contributed by atoms with Crippen molar-refractivity contribution in [3.8, 4) is 17.1 Å². The van der Waals surface area contributed by atoms with Crippen molar-refractivity contribution in [3.05, 3.63) is 53.0 Å². The summed E-state index contributed by atoms with van der Waals surface area (Å²) in [6.45, 7) is 0. The minimum absolute atomic E-state index is 0.524. The van der Waals surface area contributed by atoms with Crippen molar-refractivity contribution in [2.75, 3.05) is 7.11 Å². The van der Waals surface area contributed by atoms with E-state index >= 15 is 0 Å². The lowest BCUT2D eigenvalue weighted by molar-refractivity contribution is 0.415. The molecule has 4 nitrogen and oxygen atoms in total. The molecule has 22 heavy (non-hydrogen) atoms. The lowest BCUT2D eigenvalue weighted by Crippen LogP contribution is -1.83. The van der Waals surface area contributed by atoms with E-state index in [9.17, 15) is 0 Å². The van der Waals surface area contributed by atoms with Crippen LogP contribution >= 0.6 is 15.9 Å². The molecule has 0 saturated carbocycles. The SMILES string of the molecule is COc1ccc(-c2oc3nc4ccccc4nc3c2Br)cc1. The number of aromatic nitrogens is 2. The van der Waals surface area contributed by atoms with Crippen LogP contribution in [0, 0.1) is 0 Å². The fourth-order valence-corrected chi connectivity index (χ4v) is 2.94. The Hall–Kier alpha value is -2.40. The van der Waals surface area contributed by atoms with Crippen LogP contribution in [0.2, 0.25) is 0 Å². The molecule has 0 N–H and O–H groups in total. The first-order valence-electron chi connectivity index (χ1n) is 6.75. The summed E-state index contributed by atoms with van der Waals surface area (Å²) in [5, 5.41) is 0. The Kier molecular flexibility index (Phi) is 3.08. The monoisotopic (exact) mass is 354 g/mol. The number of para-hydroxylation sites is 2. The zero-order valence-corrected chi connectivity index (χ0v) is 13.3. The van der Waals surface area contributed by atoms with E-state index in [0.717, 1.165) is 32.3 Å². The number of nitrogens with zero attached hydrogens (tertiary/aromatic N) is 2. The van der Waals surface area contributed by atoms with Crippen LogP contribution < -0.4 is 4.74 Å². The number of ether oxygens (including phenoxy) is 1. The average molecular weight is 355 g/mol. The summed E-state index contributed by atoms with van der Waals surface area (Å²) < 4.78 is 11.9. The van der Waals surface area contributed by atoms with Crippen molar-refractivity contribution in [2.24, 2.45) is 0 Å². The number of hydrogen-bond acceptors (Lipinski definition) is 4. The predicted octanol–water partition coefficient (Wildman–Crippen LogP) is 4.81. The summed E-state index contributed by atoms with van der Waals surface area (Å²) in [7, 11) is 1.64. The van der Waals surface area contributed by atoms with Crippen LogP contribution in [-0.2, 0) is 0 Å². The molecule has 0 aliphatic rings. The number of benzene rings is 2. The predicted molar refractivity (Wildman–Crippen MR) is 89.0 cm³/mol. The van der Waals surface area contributed by atoms with Crippen molar-refractivity contribution in [3.63, 3.8) is 0 Å². The summed E-state index contributed by atoms with van der Waals surface area (Å²) in [5.74, 6) is 1.52. The average Bonchev–Trinajstić information content (AvgIpc) is 2.89. The zero-order chi connectivity index (χ0) is 15.1. The summed E-state index contributed by atoms with van der Waals surface area (Å²) in [6.07, 6.45) is 0. The van der Waals surface area contributed by atoms with E-state index in [4.69, 9.17) is 9.15 Å². The van der Waals surface area contributed by atoms with Gasteiger partial charge in [-0.05, 0) is 52.3 Å². The third-order valence-electron chi connectivity index (χ3n) is 3.50. The Morgan fingerprint density at radius 1 is 0.955 bits per heavy atom. The quantitative estimate of drug-likeness (QED) is 0.518. The molecule has 0 amide bonds. The molecular weight excluding hydrogens is 344 g/mol. The van der Waals surface area contributed by atoms with E-state index in [1.807, 2.05) is 48.5 Å². The van der Waals surface area contributed by atoms with Gasteiger partial charge in [0.1, 0.15) is 11.3 Å². The molecule has 0 unspecified atom stereocenters. The number of rotatable bonds is 2. The number of fused-ring (bicyclic) bond motifs is 2. The zero-order valence-electron chi connectivity index (χ0n) is 11.7. The van der Waals surface area contributed by atoms with E-state index in [1.165, 1.54) is 0 Å². The van der Waals surface area contributed by atoms with E-state index in [1.54, 1.807) is 7.11 Å². The van der Waals surface area contributed by atoms with E-state index < -0.39 is 0 Å². The molecule has 0 fully saturated rings. The highest BCUT2D eigenvalue weighted by Crippen LogP contribution is 2.37.